The Hall–Kier alpha value is -4.37. The number of rotatable bonds is 6. The van der Waals surface area contributed by atoms with Crippen molar-refractivity contribution in [3.05, 3.63) is 91.4 Å². The van der Waals surface area contributed by atoms with Crippen LogP contribution in [0.1, 0.15) is 71.6 Å². The molecule has 0 saturated carbocycles. The molecule has 0 aromatic carbocycles. The van der Waals surface area contributed by atoms with Crippen molar-refractivity contribution in [2.75, 3.05) is 13.2 Å². The first-order valence-electron chi connectivity index (χ1n) is 23.8. The van der Waals surface area contributed by atoms with E-state index in [-0.39, 0.29) is 57.7 Å². The molecule has 2 fully saturated rings. The average molecular weight is 991 g/mol. The van der Waals surface area contributed by atoms with Gasteiger partial charge in [0.1, 0.15) is 12.2 Å². The van der Waals surface area contributed by atoms with Crippen LogP contribution in [-0.4, -0.2) is 188 Å². The Labute approximate surface area is 407 Å². The topological polar surface area (TPSA) is 355 Å². The summed E-state index contributed by atoms with van der Waals surface area (Å²) in [5, 5.41) is 123. The number of esters is 1. The van der Waals surface area contributed by atoms with Gasteiger partial charge in [-0.1, -0.05) is 92.0 Å². The van der Waals surface area contributed by atoms with Crippen molar-refractivity contribution in [1.29, 1.82) is 0 Å². The Morgan fingerprint density at radius 3 is 2.06 bits per heavy atom. The van der Waals surface area contributed by atoms with Gasteiger partial charge in [-0.15, -0.1) is 10.2 Å². The molecule has 3 aliphatic heterocycles. The number of aliphatic hydroxyl groups is 10. The number of nitrogens with two attached hydrogens (primary N) is 1. The van der Waals surface area contributed by atoms with Crippen molar-refractivity contribution >= 4 is 11.9 Å². The van der Waals surface area contributed by atoms with Gasteiger partial charge in [-0.25, -0.2) is 0 Å². The fourth-order valence-corrected chi connectivity index (χ4v) is 8.20. The summed E-state index contributed by atoms with van der Waals surface area (Å²) in [4.78, 5) is 27.6. The summed E-state index contributed by atoms with van der Waals surface area (Å²) >= 11 is 0. The molecular weight excluding hydrogens is 917 g/mol. The molecule has 3 aliphatic rings. The van der Waals surface area contributed by atoms with E-state index in [1.165, 1.54) is 11.1 Å². The second-order valence-corrected chi connectivity index (χ2v) is 18.2. The minimum Gasteiger partial charge on any atom is -0.462 e. The van der Waals surface area contributed by atoms with Gasteiger partial charge in [-0.3, -0.25) is 9.59 Å². The largest absolute Gasteiger partial charge is 0.462 e. The maximum Gasteiger partial charge on any atom is 0.308 e. The maximum absolute atomic E-state index is 13.8. The number of aromatic nitrogens is 4. The third-order valence-electron chi connectivity index (χ3n) is 12.1. The molecule has 2 saturated heterocycles. The third kappa shape index (κ3) is 20.4. The number of nitrogens with one attached hydrogen (secondary N) is 1. The molecule has 392 valence electrons. The monoisotopic (exact) mass is 991 g/mol. The Kier molecular flexibility index (Phi) is 24.8. The zero-order valence-electron chi connectivity index (χ0n) is 39.7. The Bertz CT molecular complexity index is 1920. The highest BCUT2D eigenvalue weighted by molar-refractivity contribution is 5.80. The van der Waals surface area contributed by atoms with Gasteiger partial charge in [-0.05, 0) is 31.4 Å². The molecule has 70 heavy (non-hydrogen) atoms. The summed E-state index contributed by atoms with van der Waals surface area (Å²) in [5.74, 6) is -5.28. The van der Waals surface area contributed by atoms with Crippen LogP contribution in [0.2, 0.25) is 0 Å². The predicted octanol–water partition coefficient (Wildman–Crippen LogP) is -1.20. The number of hydrogen-bond acceptors (Lipinski definition) is 20. The van der Waals surface area contributed by atoms with Gasteiger partial charge in [0.15, 0.2) is 18.4 Å². The number of carbonyl (C=O) groups is 2. The molecule has 8 unspecified atom stereocenters. The van der Waals surface area contributed by atoms with E-state index in [9.17, 15) is 60.7 Å². The number of allylic oxidation sites excluding steroid dienone is 12. The van der Waals surface area contributed by atoms with Gasteiger partial charge >= 0.3 is 5.97 Å². The van der Waals surface area contributed by atoms with Crippen molar-refractivity contribution in [2.24, 2.45) is 17.6 Å². The highest BCUT2D eigenvalue weighted by atomic mass is 16.7. The summed E-state index contributed by atoms with van der Waals surface area (Å²) in [6, 6.07) is -1.12. The summed E-state index contributed by atoms with van der Waals surface area (Å²) < 4.78 is 23.3. The van der Waals surface area contributed by atoms with Crippen molar-refractivity contribution in [1.82, 2.24) is 25.5 Å². The van der Waals surface area contributed by atoms with E-state index in [1.807, 2.05) is 37.3 Å². The molecule has 1 aromatic rings. The smallest absolute Gasteiger partial charge is 0.308 e. The van der Waals surface area contributed by atoms with Crippen LogP contribution in [-0.2, 0) is 35.1 Å². The van der Waals surface area contributed by atoms with Crippen LogP contribution in [0.5, 0.6) is 0 Å². The summed E-state index contributed by atoms with van der Waals surface area (Å²) in [7, 11) is 0. The molecule has 4 heterocycles. The first-order chi connectivity index (χ1) is 33.3. The van der Waals surface area contributed by atoms with E-state index in [1.54, 1.807) is 61.6 Å². The van der Waals surface area contributed by atoms with Gasteiger partial charge < -0.3 is 81.1 Å². The van der Waals surface area contributed by atoms with Gasteiger partial charge in [0.25, 0.3) is 0 Å². The maximum atomic E-state index is 13.8. The second kappa shape index (κ2) is 29.8. The standard InChI is InChI=1S/C48H74N6O16/c1-30-15-13-11-9-7-5-3-4-6-8-10-12-14-16-35(69-47-45(64)44(49)40(62)28-67-47)25-41-43(46(65)50-19-20-54-52-29-51-53-54)39(61)27-48(66,70-41)26-34(57)23-38(60)36(58)18-17-32(55)22-33(56)24-42(63)68-31(2)21-37(30)59/h3-16,29-41,43-45,47,55-62,64,66H,17-28,49H2,1-2H3,(H,50,65)/b4-3+,7-5+,8-6+,11-9+,12-10+,15-13+,16-14+/t30-,31-,32?,33?,34?,35?,36?,37-,38?,39-,40+,41-,43?,44-,45-,47-,48?/m0/s1. The zero-order valence-corrected chi connectivity index (χ0v) is 39.7. The molecule has 0 spiro atoms. The average Bonchev–Trinajstić information content (AvgIpc) is 3.81. The van der Waals surface area contributed by atoms with Crippen LogP contribution in [0.4, 0.5) is 0 Å². The minimum absolute atomic E-state index is 0.0202. The quantitative estimate of drug-likeness (QED) is 0.149. The first-order valence-corrected chi connectivity index (χ1v) is 23.8. The SMILES string of the molecule is C[C@H]1C[C@H](O)[C@@H](C)/C=C/C=C/C=C/C=C/C=C/C=C/C=C/C(O[C@@H]2OC[C@@H](O)[C@H](N)[C@@H]2O)C[C@@H]2OC(O)(CC(O)CC(O)C(O)CCC(O)CC(O)CC(=O)O1)C[C@H](O)C2C(=O)NCCn1ncnn1. The van der Waals surface area contributed by atoms with Crippen molar-refractivity contribution in [2.45, 2.75) is 170 Å². The highest BCUT2D eigenvalue weighted by Crippen LogP contribution is 2.38. The van der Waals surface area contributed by atoms with Crippen LogP contribution in [0, 0.1) is 11.8 Å². The molecule has 2 bridgehead atoms. The molecule has 0 radical (unpaired) electrons. The molecule has 1 amide bonds. The molecular formula is C48H74N6O16. The van der Waals surface area contributed by atoms with E-state index in [0.717, 1.165) is 0 Å². The van der Waals surface area contributed by atoms with Crippen molar-refractivity contribution < 1.29 is 79.6 Å². The number of amides is 1. The third-order valence-corrected chi connectivity index (χ3v) is 12.1. The van der Waals surface area contributed by atoms with E-state index < -0.39 is 135 Å². The molecule has 4 rings (SSSR count). The lowest BCUT2D eigenvalue weighted by atomic mass is 9.82. The van der Waals surface area contributed by atoms with E-state index in [0.29, 0.717) is 0 Å². The van der Waals surface area contributed by atoms with Crippen LogP contribution in [0.3, 0.4) is 0 Å². The summed E-state index contributed by atoms with van der Waals surface area (Å²) in [6.07, 6.45) is 6.61. The van der Waals surface area contributed by atoms with Crippen LogP contribution in [0.15, 0.2) is 91.4 Å². The summed E-state index contributed by atoms with van der Waals surface area (Å²) in [6.45, 7) is 3.35. The minimum atomic E-state index is -2.29. The second-order valence-electron chi connectivity index (χ2n) is 18.2. The van der Waals surface area contributed by atoms with Crippen LogP contribution in [0.25, 0.3) is 0 Å². The van der Waals surface area contributed by atoms with Crippen molar-refractivity contribution in [3.63, 3.8) is 0 Å². The van der Waals surface area contributed by atoms with Gasteiger partial charge in [0.05, 0.1) is 92.6 Å². The number of hydrogen-bond donors (Lipinski definition) is 12. The fourth-order valence-electron chi connectivity index (χ4n) is 8.20. The molecule has 0 aliphatic carbocycles. The zero-order chi connectivity index (χ0) is 51.2. The molecule has 22 heteroatoms. The normalized spacial score (nSPS) is 40.9. The Morgan fingerprint density at radius 2 is 1.41 bits per heavy atom. The number of ether oxygens (including phenoxy) is 4. The van der Waals surface area contributed by atoms with Gasteiger partial charge in [0, 0.05) is 44.6 Å². The number of carbonyl (C=O) groups excluding carboxylic acids is 2. The first kappa shape index (κ1) is 58.2. The molecule has 1 aromatic heterocycles. The van der Waals surface area contributed by atoms with Crippen LogP contribution >= 0.6 is 0 Å². The number of aliphatic hydroxyl groups excluding tert-OH is 9. The number of cyclic esters (lactones) is 1. The van der Waals surface area contributed by atoms with Crippen molar-refractivity contribution in [3.8, 4) is 0 Å². The number of nitrogens with zero attached hydrogens (tertiary/aromatic N) is 4. The van der Waals surface area contributed by atoms with E-state index in [2.05, 4.69) is 20.7 Å². The predicted molar refractivity (Wildman–Crippen MR) is 251 cm³/mol. The van der Waals surface area contributed by atoms with Crippen LogP contribution < -0.4 is 11.1 Å². The van der Waals surface area contributed by atoms with E-state index in [4.69, 9.17) is 24.7 Å². The molecule has 13 N–H and O–H groups in total. The number of fused-ring (bicyclic) bond motifs is 2. The lowest BCUT2D eigenvalue weighted by Crippen LogP contribution is -2.59. The fraction of sp³-hybridized carbons (Fsp3) is 0.646. The Morgan fingerprint density at radius 1 is 0.771 bits per heavy atom. The number of tetrazole rings is 1. The lowest BCUT2D eigenvalue weighted by Gasteiger charge is -2.45. The summed E-state index contributed by atoms with van der Waals surface area (Å²) in [5.41, 5.74) is 6.01. The van der Waals surface area contributed by atoms with Gasteiger partial charge in [0.2, 0.25) is 5.91 Å². The lowest BCUT2D eigenvalue weighted by molar-refractivity contribution is -0.304. The Balaban J connectivity index is 1.57. The van der Waals surface area contributed by atoms with Gasteiger partial charge in [-0.2, -0.15) is 4.80 Å². The highest BCUT2D eigenvalue weighted by Gasteiger charge is 2.50. The molecule has 17 atom stereocenters. The molecule has 22 nitrogen and oxygen atoms in total. The van der Waals surface area contributed by atoms with E-state index >= 15 is 0 Å².